The maximum absolute atomic E-state index is 13.2. The average Bonchev–Trinajstić information content (AvgIpc) is 3.06. The number of pyridine rings is 1. The first-order valence-corrected chi connectivity index (χ1v) is 11.7. The van der Waals surface area contributed by atoms with Crippen molar-refractivity contribution in [3.63, 3.8) is 0 Å². The molecule has 0 bridgehead atoms. The van der Waals surface area contributed by atoms with Gasteiger partial charge in [-0.15, -0.1) is 0 Å². The molecule has 1 aliphatic rings. The number of rotatable bonds is 7. The monoisotopic (exact) mass is 465 g/mol. The highest BCUT2D eigenvalue weighted by Gasteiger charge is 2.38. The topological polar surface area (TPSA) is 80.6 Å². The summed E-state index contributed by atoms with van der Waals surface area (Å²) in [5, 5.41) is -0.499. The van der Waals surface area contributed by atoms with E-state index in [2.05, 4.69) is 9.97 Å². The molecule has 1 fully saturated rings. The lowest BCUT2D eigenvalue weighted by molar-refractivity contribution is -0.0495. The fourth-order valence-electron chi connectivity index (χ4n) is 3.73. The van der Waals surface area contributed by atoms with Crippen molar-refractivity contribution in [2.75, 3.05) is 25.0 Å². The summed E-state index contributed by atoms with van der Waals surface area (Å²) in [5.74, 6) is 0.481. The summed E-state index contributed by atoms with van der Waals surface area (Å²) in [6.07, 6.45) is 3.30. The molecule has 3 heterocycles. The number of ether oxygens (including phenoxy) is 1. The third kappa shape index (κ3) is 4.02. The highest BCUT2D eigenvalue weighted by molar-refractivity contribution is 7.89. The Balaban J connectivity index is 1.62. The number of nitrogens with zero attached hydrogens (tertiary/aromatic N) is 5. The minimum Gasteiger partial charge on any atom is -0.433 e. The van der Waals surface area contributed by atoms with Gasteiger partial charge in [0.1, 0.15) is 17.1 Å². The van der Waals surface area contributed by atoms with Gasteiger partial charge in [0, 0.05) is 39.2 Å². The Kier molecular flexibility index (Phi) is 5.80. The molecule has 3 aromatic rings. The highest BCUT2D eigenvalue weighted by Crippen LogP contribution is 2.38. The van der Waals surface area contributed by atoms with E-state index in [1.165, 1.54) is 4.31 Å². The molecule has 0 N–H and O–H groups in total. The third-order valence-corrected chi connectivity index (χ3v) is 7.99. The van der Waals surface area contributed by atoms with Crippen LogP contribution in [-0.4, -0.2) is 59.3 Å². The molecule has 0 aliphatic carbocycles. The van der Waals surface area contributed by atoms with E-state index >= 15 is 0 Å². The van der Waals surface area contributed by atoms with Crippen molar-refractivity contribution in [3.05, 3.63) is 42.4 Å². The number of sulfonamides is 1. The van der Waals surface area contributed by atoms with Crippen molar-refractivity contribution in [1.29, 1.82) is 0 Å². The lowest BCUT2D eigenvalue weighted by Crippen LogP contribution is -2.50. The molecule has 2 aromatic heterocycles. The van der Waals surface area contributed by atoms with E-state index in [4.69, 9.17) is 4.74 Å². The van der Waals surface area contributed by atoms with Crippen LogP contribution in [0.5, 0.6) is 5.75 Å². The van der Waals surface area contributed by atoms with Crippen LogP contribution in [-0.2, 0) is 17.1 Å². The number of fused-ring (bicyclic) bond motifs is 1. The normalized spacial score (nSPS) is 15.5. The van der Waals surface area contributed by atoms with Gasteiger partial charge in [0.2, 0.25) is 10.0 Å². The summed E-state index contributed by atoms with van der Waals surface area (Å²) in [6, 6.07) is 6.89. The predicted molar refractivity (Wildman–Crippen MR) is 118 cm³/mol. The Labute approximate surface area is 185 Å². The Morgan fingerprint density at radius 2 is 1.91 bits per heavy atom. The van der Waals surface area contributed by atoms with Crippen LogP contribution in [0.25, 0.3) is 11.0 Å². The largest absolute Gasteiger partial charge is 0.433 e. The molecule has 11 heteroatoms. The number of imidazole rings is 1. The maximum Gasteiger partial charge on any atom is 0.387 e. The first kappa shape index (κ1) is 22.4. The van der Waals surface area contributed by atoms with Crippen LogP contribution in [0, 0.1) is 0 Å². The number of hydrogen-bond acceptors (Lipinski definition) is 6. The molecule has 0 amide bonds. The van der Waals surface area contributed by atoms with E-state index in [0.29, 0.717) is 24.6 Å². The van der Waals surface area contributed by atoms with Crippen LogP contribution < -0.4 is 9.64 Å². The molecule has 0 saturated carbocycles. The average molecular weight is 466 g/mol. The summed E-state index contributed by atoms with van der Waals surface area (Å²) in [4.78, 5) is 10.3. The summed E-state index contributed by atoms with van der Waals surface area (Å²) < 4.78 is 59.0. The van der Waals surface area contributed by atoms with Gasteiger partial charge in [0.05, 0.1) is 29.0 Å². The number of anilines is 2. The first-order valence-electron chi connectivity index (χ1n) is 10.2. The van der Waals surface area contributed by atoms with Crippen molar-refractivity contribution in [3.8, 4) is 5.75 Å². The SMILES string of the molecule is CC(C)S(=O)(=O)N1CC(c2ccc(N(C)c3cc4c(cn3)ncn4C)c(OC(F)F)c2)C1. The smallest absolute Gasteiger partial charge is 0.387 e. The van der Waals surface area contributed by atoms with E-state index in [9.17, 15) is 17.2 Å². The molecule has 1 aliphatic heterocycles. The molecule has 32 heavy (non-hydrogen) atoms. The Hall–Kier alpha value is -2.79. The van der Waals surface area contributed by atoms with Crippen molar-refractivity contribution in [2.45, 2.75) is 31.6 Å². The number of benzene rings is 1. The molecular weight excluding hydrogens is 440 g/mol. The van der Waals surface area contributed by atoms with Crippen molar-refractivity contribution < 1.29 is 21.9 Å². The summed E-state index contributed by atoms with van der Waals surface area (Å²) >= 11 is 0. The molecule has 1 saturated heterocycles. The van der Waals surface area contributed by atoms with E-state index in [0.717, 1.165) is 16.6 Å². The van der Waals surface area contributed by atoms with Crippen LogP contribution in [0.3, 0.4) is 0 Å². The molecule has 1 aromatic carbocycles. The van der Waals surface area contributed by atoms with Gasteiger partial charge in [-0.25, -0.2) is 22.7 Å². The van der Waals surface area contributed by atoms with Crippen molar-refractivity contribution in [1.82, 2.24) is 18.8 Å². The zero-order valence-corrected chi connectivity index (χ0v) is 19.1. The van der Waals surface area contributed by atoms with Crippen LogP contribution in [0.15, 0.2) is 36.8 Å². The number of halogens is 2. The van der Waals surface area contributed by atoms with Gasteiger partial charge in [0.15, 0.2) is 0 Å². The lowest BCUT2D eigenvalue weighted by Gasteiger charge is -2.39. The van der Waals surface area contributed by atoms with Crippen LogP contribution >= 0.6 is 0 Å². The highest BCUT2D eigenvalue weighted by atomic mass is 32.2. The van der Waals surface area contributed by atoms with Gasteiger partial charge in [-0.3, -0.25) is 0 Å². The molecule has 0 radical (unpaired) electrons. The van der Waals surface area contributed by atoms with Crippen LogP contribution in [0.1, 0.15) is 25.3 Å². The number of aryl methyl sites for hydroxylation is 1. The van der Waals surface area contributed by atoms with Gasteiger partial charge in [-0.2, -0.15) is 8.78 Å². The maximum atomic E-state index is 13.2. The fraction of sp³-hybridized carbons (Fsp3) is 0.429. The standard InChI is InChI=1S/C21H25F2N5O3S/c1-13(2)32(29,30)28-10-15(11-28)14-5-6-17(19(7-14)31-21(22)23)27(4)20-8-18-16(9-24-20)25-12-26(18)3/h5-9,12-13,15,21H,10-11H2,1-4H3. The lowest BCUT2D eigenvalue weighted by atomic mass is 9.93. The summed E-state index contributed by atoms with van der Waals surface area (Å²) in [5.41, 5.74) is 2.77. The van der Waals surface area contributed by atoms with E-state index < -0.39 is 21.9 Å². The molecule has 8 nitrogen and oxygen atoms in total. The zero-order chi connectivity index (χ0) is 23.2. The molecule has 172 valence electrons. The Morgan fingerprint density at radius 1 is 1.19 bits per heavy atom. The number of alkyl halides is 2. The molecule has 0 atom stereocenters. The molecule has 0 unspecified atom stereocenters. The molecular formula is C21H25F2N5O3S. The summed E-state index contributed by atoms with van der Waals surface area (Å²) in [7, 11) is 0.256. The Morgan fingerprint density at radius 3 is 2.56 bits per heavy atom. The van der Waals surface area contributed by atoms with Crippen LogP contribution in [0.2, 0.25) is 0 Å². The van der Waals surface area contributed by atoms with Crippen molar-refractivity contribution in [2.24, 2.45) is 7.05 Å². The second-order valence-electron chi connectivity index (χ2n) is 8.16. The third-order valence-electron chi connectivity index (χ3n) is 5.78. The zero-order valence-electron chi connectivity index (χ0n) is 18.2. The van der Waals surface area contributed by atoms with Crippen molar-refractivity contribution >= 4 is 32.6 Å². The van der Waals surface area contributed by atoms with E-state index in [1.54, 1.807) is 50.5 Å². The number of aromatic nitrogens is 3. The second kappa shape index (κ2) is 8.28. The van der Waals surface area contributed by atoms with Gasteiger partial charge in [-0.1, -0.05) is 6.07 Å². The van der Waals surface area contributed by atoms with Gasteiger partial charge < -0.3 is 14.2 Å². The van der Waals surface area contributed by atoms with Crippen LogP contribution in [0.4, 0.5) is 20.3 Å². The van der Waals surface area contributed by atoms with E-state index in [1.807, 2.05) is 23.7 Å². The fourth-order valence-corrected chi connectivity index (χ4v) is 5.11. The minimum absolute atomic E-state index is 0.0112. The first-order chi connectivity index (χ1) is 15.1. The summed E-state index contributed by atoms with van der Waals surface area (Å²) in [6.45, 7) is 0.923. The Bertz CT molecular complexity index is 1240. The molecule has 4 rings (SSSR count). The predicted octanol–water partition coefficient (Wildman–Crippen LogP) is 3.48. The molecule has 0 spiro atoms. The second-order valence-corrected chi connectivity index (χ2v) is 10.6. The number of hydrogen-bond donors (Lipinski definition) is 0. The van der Waals surface area contributed by atoms with Gasteiger partial charge in [-0.05, 0) is 31.5 Å². The van der Waals surface area contributed by atoms with Gasteiger partial charge in [0.25, 0.3) is 0 Å². The quantitative estimate of drug-likeness (QED) is 0.532. The minimum atomic E-state index is -3.33. The van der Waals surface area contributed by atoms with Gasteiger partial charge >= 0.3 is 6.61 Å². The van der Waals surface area contributed by atoms with E-state index in [-0.39, 0.29) is 11.7 Å².